The summed E-state index contributed by atoms with van der Waals surface area (Å²) in [5.41, 5.74) is 1.44. The summed E-state index contributed by atoms with van der Waals surface area (Å²) >= 11 is 0. The molecule has 0 aliphatic carbocycles. The molecule has 1 N–H and O–H groups in total. The predicted octanol–water partition coefficient (Wildman–Crippen LogP) is 2.57. The van der Waals surface area contributed by atoms with Gasteiger partial charge in [-0.3, -0.25) is 9.69 Å². The lowest BCUT2D eigenvalue weighted by molar-refractivity contribution is -0.131. The Morgan fingerprint density at radius 2 is 2.16 bits per heavy atom. The topological polar surface area (TPSA) is 71.8 Å². The minimum atomic E-state index is -0.462. The molecule has 6 nitrogen and oxygen atoms in total. The number of esters is 1. The highest BCUT2D eigenvalue weighted by Gasteiger charge is 2.34. The predicted molar refractivity (Wildman–Crippen MR) is 94.2 cm³/mol. The SMILES string of the molecule is CCOC(=O)c1oc2ccccc2c1CN1CCNC(=O)C1C(C)C. The minimum Gasteiger partial charge on any atom is -0.460 e. The summed E-state index contributed by atoms with van der Waals surface area (Å²) in [5.74, 6) is -0.0240. The molecule has 1 aromatic heterocycles. The van der Waals surface area contributed by atoms with Gasteiger partial charge in [-0.15, -0.1) is 0 Å². The maximum absolute atomic E-state index is 12.3. The van der Waals surface area contributed by atoms with Crippen molar-refractivity contribution >= 4 is 22.8 Å². The first kappa shape index (κ1) is 17.5. The standard InChI is InChI=1S/C19H24N2O4/c1-4-24-19(23)17-14(13-7-5-6-8-15(13)25-17)11-21-10-9-20-18(22)16(21)12(2)3/h5-8,12,16H,4,9-11H2,1-3H3,(H,20,22). The van der Waals surface area contributed by atoms with Gasteiger partial charge in [-0.2, -0.15) is 0 Å². The average Bonchev–Trinajstić information content (AvgIpc) is 2.94. The number of hydrogen-bond acceptors (Lipinski definition) is 5. The van der Waals surface area contributed by atoms with E-state index in [1.165, 1.54) is 0 Å². The lowest BCUT2D eigenvalue weighted by Gasteiger charge is -2.37. The van der Waals surface area contributed by atoms with Crippen molar-refractivity contribution in [2.24, 2.45) is 5.92 Å². The maximum Gasteiger partial charge on any atom is 0.374 e. The third-order valence-electron chi connectivity index (χ3n) is 4.51. The monoisotopic (exact) mass is 344 g/mol. The van der Waals surface area contributed by atoms with E-state index in [1.54, 1.807) is 6.92 Å². The molecular formula is C19H24N2O4. The number of para-hydroxylation sites is 1. The van der Waals surface area contributed by atoms with E-state index in [0.29, 0.717) is 18.7 Å². The molecule has 25 heavy (non-hydrogen) atoms. The number of ether oxygens (including phenoxy) is 1. The van der Waals surface area contributed by atoms with E-state index in [-0.39, 0.29) is 30.2 Å². The largest absolute Gasteiger partial charge is 0.460 e. The second-order valence-corrected chi connectivity index (χ2v) is 6.58. The molecule has 134 valence electrons. The van der Waals surface area contributed by atoms with Crippen LogP contribution in [0.15, 0.2) is 28.7 Å². The number of nitrogens with zero attached hydrogens (tertiary/aromatic N) is 1. The highest BCUT2D eigenvalue weighted by atomic mass is 16.5. The van der Waals surface area contributed by atoms with Crippen LogP contribution in [0.25, 0.3) is 11.0 Å². The number of carbonyl (C=O) groups excluding carboxylic acids is 2. The van der Waals surface area contributed by atoms with Crippen LogP contribution in [0.3, 0.4) is 0 Å². The Kier molecular flexibility index (Phi) is 5.08. The van der Waals surface area contributed by atoms with Crippen molar-refractivity contribution in [3.8, 4) is 0 Å². The van der Waals surface area contributed by atoms with Gasteiger partial charge in [0.1, 0.15) is 5.58 Å². The molecule has 1 aromatic carbocycles. The Hall–Kier alpha value is -2.34. The number of piperazine rings is 1. The second-order valence-electron chi connectivity index (χ2n) is 6.58. The quantitative estimate of drug-likeness (QED) is 0.844. The third-order valence-corrected chi connectivity index (χ3v) is 4.51. The molecule has 0 spiro atoms. The summed E-state index contributed by atoms with van der Waals surface area (Å²) < 4.78 is 10.9. The number of hydrogen-bond donors (Lipinski definition) is 1. The lowest BCUT2D eigenvalue weighted by Crippen LogP contribution is -2.56. The highest BCUT2D eigenvalue weighted by Crippen LogP contribution is 2.29. The molecule has 6 heteroatoms. The van der Waals surface area contributed by atoms with Crippen LogP contribution in [0, 0.1) is 5.92 Å². The minimum absolute atomic E-state index is 0.0340. The first-order valence-corrected chi connectivity index (χ1v) is 8.72. The van der Waals surface area contributed by atoms with Crippen LogP contribution in [-0.2, 0) is 16.1 Å². The summed E-state index contributed by atoms with van der Waals surface area (Å²) in [7, 11) is 0. The zero-order valence-electron chi connectivity index (χ0n) is 14.9. The van der Waals surface area contributed by atoms with E-state index in [2.05, 4.69) is 10.2 Å². The van der Waals surface area contributed by atoms with Crippen molar-refractivity contribution in [1.82, 2.24) is 10.2 Å². The number of fused-ring (bicyclic) bond motifs is 1. The van der Waals surface area contributed by atoms with Crippen LogP contribution in [-0.4, -0.2) is 42.5 Å². The van der Waals surface area contributed by atoms with Gasteiger partial charge in [0.15, 0.2) is 0 Å². The van der Waals surface area contributed by atoms with Crippen LogP contribution in [0.1, 0.15) is 36.9 Å². The van der Waals surface area contributed by atoms with Crippen LogP contribution in [0.2, 0.25) is 0 Å². The van der Waals surface area contributed by atoms with E-state index in [4.69, 9.17) is 9.15 Å². The number of furan rings is 1. The number of amides is 1. The molecule has 0 bridgehead atoms. The van der Waals surface area contributed by atoms with Crippen LogP contribution >= 0.6 is 0 Å². The van der Waals surface area contributed by atoms with Crippen molar-refractivity contribution < 1.29 is 18.7 Å². The molecule has 1 saturated heterocycles. The van der Waals surface area contributed by atoms with Gasteiger partial charge in [-0.05, 0) is 18.9 Å². The molecule has 1 unspecified atom stereocenters. The molecule has 1 aliphatic heterocycles. The van der Waals surface area contributed by atoms with Crippen LogP contribution < -0.4 is 5.32 Å². The van der Waals surface area contributed by atoms with E-state index in [1.807, 2.05) is 38.1 Å². The Bertz CT molecular complexity index is 781. The molecule has 0 radical (unpaired) electrons. The lowest BCUT2D eigenvalue weighted by atomic mass is 9.98. The smallest absolute Gasteiger partial charge is 0.374 e. The molecule has 1 fully saturated rings. The summed E-state index contributed by atoms with van der Waals surface area (Å²) in [5, 5.41) is 3.81. The van der Waals surface area contributed by atoms with Crippen LogP contribution in [0.4, 0.5) is 0 Å². The Morgan fingerprint density at radius 3 is 2.88 bits per heavy atom. The fourth-order valence-electron chi connectivity index (χ4n) is 3.45. The molecule has 1 atom stereocenters. The normalized spacial score (nSPS) is 18.6. The van der Waals surface area contributed by atoms with Gasteiger partial charge in [-0.25, -0.2) is 4.79 Å². The fraction of sp³-hybridized carbons (Fsp3) is 0.474. The Morgan fingerprint density at radius 1 is 1.40 bits per heavy atom. The summed E-state index contributed by atoms with van der Waals surface area (Å²) in [6.45, 7) is 7.93. The van der Waals surface area contributed by atoms with Gasteiger partial charge in [0.25, 0.3) is 0 Å². The first-order valence-electron chi connectivity index (χ1n) is 8.72. The Labute approximate surface area is 147 Å². The van der Waals surface area contributed by atoms with Crippen LogP contribution in [0.5, 0.6) is 0 Å². The fourth-order valence-corrected chi connectivity index (χ4v) is 3.45. The molecule has 1 aliphatic rings. The van der Waals surface area contributed by atoms with Gasteiger partial charge in [-0.1, -0.05) is 32.0 Å². The van der Waals surface area contributed by atoms with Gasteiger partial charge in [0.05, 0.1) is 12.6 Å². The number of nitrogens with one attached hydrogen (secondary N) is 1. The number of benzene rings is 1. The molecule has 3 rings (SSSR count). The van der Waals surface area contributed by atoms with E-state index < -0.39 is 5.97 Å². The average molecular weight is 344 g/mol. The van der Waals surface area contributed by atoms with Gasteiger partial charge in [0, 0.05) is 30.6 Å². The Balaban J connectivity index is 2.00. The highest BCUT2D eigenvalue weighted by molar-refractivity contribution is 5.96. The van der Waals surface area contributed by atoms with Gasteiger partial charge in [0.2, 0.25) is 11.7 Å². The van der Waals surface area contributed by atoms with Crippen molar-refractivity contribution in [3.63, 3.8) is 0 Å². The molecular weight excluding hydrogens is 320 g/mol. The first-order chi connectivity index (χ1) is 12.0. The van der Waals surface area contributed by atoms with Crippen molar-refractivity contribution in [1.29, 1.82) is 0 Å². The summed E-state index contributed by atoms with van der Waals surface area (Å²) in [4.78, 5) is 26.7. The van der Waals surface area contributed by atoms with Gasteiger partial charge >= 0.3 is 5.97 Å². The summed E-state index contributed by atoms with van der Waals surface area (Å²) in [6, 6.07) is 7.34. The molecule has 0 saturated carbocycles. The number of carbonyl (C=O) groups is 2. The molecule has 2 heterocycles. The maximum atomic E-state index is 12.3. The van der Waals surface area contributed by atoms with Crippen molar-refractivity contribution in [3.05, 3.63) is 35.6 Å². The van der Waals surface area contributed by atoms with E-state index in [9.17, 15) is 9.59 Å². The zero-order valence-corrected chi connectivity index (χ0v) is 14.9. The molecule has 1 amide bonds. The van der Waals surface area contributed by atoms with Crippen molar-refractivity contribution in [2.45, 2.75) is 33.4 Å². The molecule has 2 aromatic rings. The van der Waals surface area contributed by atoms with Crippen molar-refractivity contribution in [2.75, 3.05) is 19.7 Å². The van der Waals surface area contributed by atoms with E-state index >= 15 is 0 Å². The third kappa shape index (κ3) is 3.39. The summed E-state index contributed by atoms with van der Waals surface area (Å²) in [6.07, 6.45) is 0. The zero-order chi connectivity index (χ0) is 18.0. The van der Waals surface area contributed by atoms with E-state index in [0.717, 1.165) is 17.5 Å². The van der Waals surface area contributed by atoms with Gasteiger partial charge < -0.3 is 14.5 Å². The second kappa shape index (κ2) is 7.27. The number of rotatable bonds is 5.